The number of rotatable bonds is 2. The van der Waals surface area contributed by atoms with E-state index in [1.54, 1.807) is 0 Å². The maximum atomic E-state index is 13.0. The molecule has 6 rings (SSSR count). The summed E-state index contributed by atoms with van der Waals surface area (Å²) in [5.74, 6) is 1.76. The van der Waals surface area contributed by atoms with E-state index in [0.29, 0.717) is 23.5 Å². The van der Waals surface area contributed by atoms with Crippen LogP contribution in [-0.4, -0.2) is 17.9 Å². The summed E-state index contributed by atoms with van der Waals surface area (Å²) in [6.07, 6.45) is 18.1. The van der Waals surface area contributed by atoms with E-state index < -0.39 is 0 Å². The first-order chi connectivity index (χ1) is 15.4. The smallest absolute Gasteiger partial charge is 0.309 e. The van der Waals surface area contributed by atoms with Gasteiger partial charge in [0, 0.05) is 22.7 Å². The Morgan fingerprint density at radius 1 is 0.970 bits per heavy atom. The fourth-order valence-corrected chi connectivity index (χ4v) is 10.0. The number of hydrogen-bond acceptors (Lipinski definition) is 3. The molecule has 0 aromatic rings. The highest BCUT2D eigenvalue weighted by atomic mass is 16.5. The van der Waals surface area contributed by atoms with Gasteiger partial charge in [-0.2, -0.15) is 0 Å². The molecule has 0 bridgehead atoms. The number of ketones is 1. The molecule has 4 fully saturated rings. The number of fused-ring (bicyclic) bond motifs is 2. The Labute approximate surface area is 199 Å². The molecule has 3 nitrogen and oxygen atoms in total. The van der Waals surface area contributed by atoms with Gasteiger partial charge < -0.3 is 4.74 Å². The van der Waals surface area contributed by atoms with Gasteiger partial charge in [-0.25, -0.2) is 0 Å². The molecule has 5 aliphatic carbocycles. The predicted molar refractivity (Wildman–Crippen MR) is 129 cm³/mol. The van der Waals surface area contributed by atoms with Crippen LogP contribution < -0.4 is 0 Å². The molecule has 0 N–H and O–H groups in total. The molecule has 0 amide bonds. The van der Waals surface area contributed by atoms with Crippen molar-refractivity contribution in [1.29, 1.82) is 0 Å². The lowest BCUT2D eigenvalue weighted by Gasteiger charge is -2.59. The Morgan fingerprint density at radius 3 is 2.39 bits per heavy atom. The molecule has 0 aromatic carbocycles. The largest absolute Gasteiger partial charge is 0.458 e. The third-order valence-electron chi connectivity index (χ3n) is 11.9. The average molecular weight is 449 g/mol. The van der Waals surface area contributed by atoms with E-state index >= 15 is 0 Å². The molecule has 1 heterocycles. The topological polar surface area (TPSA) is 43.4 Å². The summed E-state index contributed by atoms with van der Waals surface area (Å²) in [5, 5.41) is 0. The van der Waals surface area contributed by atoms with Crippen LogP contribution in [0.25, 0.3) is 0 Å². The van der Waals surface area contributed by atoms with Crippen LogP contribution in [0.2, 0.25) is 0 Å². The molecule has 3 heteroatoms. The number of cyclic esters (lactones) is 1. The second-order valence-corrected chi connectivity index (χ2v) is 13.6. The van der Waals surface area contributed by atoms with Gasteiger partial charge in [0.15, 0.2) is 5.78 Å². The van der Waals surface area contributed by atoms with Crippen molar-refractivity contribution in [2.75, 3.05) is 0 Å². The number of hydrogen-bond donors (Lipinski definition) is 0. The molecule has 0 aromatic heterocycles. The van der Waals surface area contributed by atoms with E-state index in [1.807, 2.05) is 6.08 Å². The number of carbonyl (C=O) groups is 2. The summed E-state index contributed by atoms with van der Waals surface area (Å²) in [4.78, 5) is 25.7. The van der Waals surface area contributed by atoms with Crippen molar-refractivity contribution >= 4 is 11.8 Å². The number of allylic oxidation sites excluding steroid dienone is 5. The SMILES string of the molecule is CC(C)=C[C@H]1C[C@H]([C@H]2CC[C@@]3(C)[C@@H]4CC[C@H]5C(C)(C)C(=O)C=C[C@@]56C[C@@]46C=C[C@]23C)C(=O)O1. The van der Waals surface area contributed by atoms with Gasteiger partial charge in [0.05, 0.1) is 5.92 Å². The Morgan fingerprint density at radius 2 is 1.67 bits per heavy atom. The number of carbonyl (C=O) groups excluding carboxylic acids is 2. The summed E-state index contributed by atoms with van der Waals surface area (Å²) in [6, 6.07) is 0. The van der Waals surface area contributed by atoms with Crippen LogP contribution in [0.1, 0.15) is 80.1 Å². The molecule has 6 aliphatic rings. The van der Waals surface area contributed by atoms with Gasteiger partial charge in [-0.15, -0.1) is 0 Å². The van der Waals surface area contributed by atoms with Crippen molar-refractivity contribution < 1.29 is 14.3 Å². The third kappa shape index (κ3) is 2.42. The molecular weight excluding hydrogens is 408 g/mol. The van der Waals surface area contributed by atoms with Crippen molar-refractivity contribution in [3.05, 3.63) is 36.0 Å². The highest BCUT2D eigenvalue weighted by Gasteiger charge is 2.80. The normalized spacial score (nSPS) is 53.0. The van der Waals surface area contributed by atoms with E-state index in [2.05, 4.69) is 65.8 Å². The van der Waals surface area contributed by atoms with Crippen molar-refractivity contribution in [3.63, 3.8) is 0 Å². The average Bonchev–Trinajstić information content (AvgIpc) is 3.15. The molecule has 9 atom stereocenters. The maximum absolute atomic E-state index is 13.0. The molecule has 3 saturated carbocycles. The van der Waals surface area contributed by atoms with Gasteiger partial charge in [0.1, 0.15) is 6.10 Å². The summed E-state index contributed by atoms with van der Waals surface area (Å²) in [6.45, 7) is 13.5. The lowest BCUT2D eigenvalue weighted by Crippen LogP contribution is -2.54. The minimum Gasteiger partial charge on any atom is -0.458 e. The van der Waals surface area contributed by atoms with Gasteiger partial charge in [0.25, 0.3) is 0 Å². The van der Waals surface area contributed by atoms with Crippen LogP contribution in [0.15, 0.2) is 36.0 Å². The molecule has 0 unspecified atom stereocenters. The molecule has 33 heavy (non-hydrogen) atoms. The lowest BCUT2D eigenvalue weighted by atomic mass is 9.45. The van der Waals surface area contributed by atoms with E-state index in [-0.39, 0.29) is 45.1 Å². The van der Waals surface area contributed by atoms with Gasteiger partial charge in [-0.05, 0) is 86.7 Å². The van der Waals surface area contributed by atoms with Gasteiger partial charge in [-0.3, -0.25) is 9.59 Å². The van der Waals surface area contributed by atoms with Crippen molar-refractivity contribution in [2.45, 2.75) is 86.2 Å². The van der Waals surface area contributed by atoms with Crippen LogP contribution in [-0.2, 0) is 14.3 Å². The highest BCUT2D eigenvalue weighted by molar-refractivity contribution is 5.96. The van der Waals surface area contributed by atoms with Crippen molar-refractivity contribution in [1.82, 2.24) is 0 Å². The second-order valence-electron chi connectivity index (χ2n) is 13.6. The zero-order chi connectivity index (χ0) is 23.6. The number of esters is 1. The third-order valence-corrected chi connectivity index (χ3v) is 11.9. The second kappa shape index (κ2) is 6.32. The van der Waals surface area contributed by atoms with Crippen LogP contribution >= 0.6 is 0 Å². The first kappa shape index (κ1) is 21.9. The van der Waals surface area contributed by atoms with E-state index in [0.717, 1.165) is 19.3 Å². The summed E-state index contributed by atoms with van der Waals surface area (Å²) in [7, 11) is 0. The Bertz CT molecular complexity index is 1030. The van der Waals surface area contributed by atoms with Crippen LogP contribution in [0, 0.1) is 50.7 Å². The number of ether oxygens (including phenoxy) is 1. The first-order valence-electron chi connectivity index (χ1n) is 13.2. The molecule has 0 radical (unpaired) electrons. The lowest BCUT2D eigenvalue weighted by molar-refractivity contribution is -0.146. The minimum atomic E-state index is -0.259. The fraction of sp³-hybridized carbons (Fsp3) is 0.733. The first-order valence-corrected chi connectivity index (χ1v) is 13.2. The fourth-order valence-electron chi connectivity index (χ4n) is 10.0. The van der Waals surface area contributed by atoms with E-state index in [1.165, 1.54) is 24.8 Å². The van der Waals surface area contributed by atoms with Gasteiger partial charge in [-0.1, -0.05) is 51.5 Å². The summed E-state index contributed by atoms with van der Waals surface area (Å²) < 4.78 is 5.81. The van der Waals surface area contributed by atoms with Gasteiger partial charge >= 0.3 is 5.97 Å². The molecule has 2 spiro atoms. The molecule has 178 valence electrons. The highest BCUT2D eigenvalue weighted by Crippen LogP contribution is 2.86. The minimum absolute atomic E-state index is 0.00626. The maximum Gasteiger partial charge on any atom is 0.309 e. The summed E-state index contributed by atoms with van der Waals surface area (Å²) in [5.41, 5.74) is 1.53. The van der Waals surface area contributed by atoms with Gasteiger partial charge in [0.2, 0.25) is 0 Å². The molecule has 1 saturated heterocycles. The zero-order valence-electron chi connectivity index (χ0n) is 21.2. The standard InChI is InChI=1S/C30H40O3/c1-18(2)15-19-16-20(25(32)33-19)21-9-11-28(6)23-8-7-22-26(3,4)24(31)10-12-29(22)17-30(23,29)14-13-27(21,28)5/h10,12-15,19-23H,7-9,11,16-17H2,1-6H3/t19-,20+,21+,22-,23-,27+,28-,29+,30-/m0/s1. The van der Waals surface area contributed by atoms with Crippen LogP contribution in [0.5, 0.6) is 0 Å². The molecule has 1 aliphatic heterocycles. The quantitative estimate of drug-likeness (QED) is 0.360. The van der Waals surface area contributed by atoms with E-state index in [4.69, 9.17) is 4.74 Å². The zero-order valence-corrected chi connectivity index (χ0v) is 21.2. The molecular formula is C30H40O3. The monoisotopic (exact) mass is 448 g/mol. The Balaban J connectivity index is 1.37. The van der Waals surface area contributed by atoms with Crippen LogP contribution in [0.4, 0.5) is 0 Å². The van der Waals surface area contributed by atoms with Crippen LogP contribution in [0.3, 0.4) is 0 Å². The Kier molecular flexibility index (Phi) is 4.19. The van der Waals surface area contributed by atoms with Crippen molar-refractivity contribution in [2.24, 2.45) is 50.7 Å². The van der Waals surface area contributed by atoms with E-state index in [9.17, 15) is 9.59 Å². The predicted octanol–water partition coefficient (Wildman–Crippen LogP) is 6.44. The Hall–Kier alpha value is -1.64. The van der Waals surface area contributed by atoms with Crippen molar-refractivity contribution in [3.8, 4) is 0 Å². The summed E-state index contributed by atoms with van der Waals surface area (Å²) >= 11 is 0.